The fourth-order valence-electron chi connectivity index (χ4n) is 3.58. The van der Waals surface area contributed by atoms with Gasteiger partial charge in [0.2, 0.25) is 0 Å². The summed E-state index contributed by atoms with van der Waals surface area (Å²) in [6, 6.07) is 7.42. The predicted molar refractivity (Wildman–Crippen MR) is 87.4 cm³/mol. The van der Waals surface area contributed by atoms with Gasteiger partial charge in [-0.3, -0.25) is 0 Å². The molecule has 7 nitrogen and oxygen atoms in total. The zero-order valence-electron chi connectivity index (χ0n) is 13.3. The third kappa shape index (κ3) is 3.49. The van der Waals surface area contributed by atoms with Crippen LogP contribution in [-0.4, -0.2) is 38.0 Å². The Morgan fingerprint density at radius 3 is 3.12 bits per heavy atom. The van der Waals surface area contributed by atoms with Gasteiger partial charge in [0.25, 0.3) is 0 Å². The Hall–Kier alpha value is -2.59. The van der Waals surface area contributed by atoms with E-state index in [1.54, 1.807) is 24.5 Å². The molecule has 1 unspecified atom stereocenters. The number of aromatic nitrogens is 2. The summed E-state index contributed by atoms with van der Waals surface area (Å²) in [7, 11) is 0. The van der Waals surface area contributed by atoms with Gasteiger partial charge in [0, 0.05) is 6.54 Å². The molecule has 3 rings (SSSR count). The molecular formula is C17H20N4O3. The Morgan fingerprint density at radius 1 is 1.54 bits per heavy atom. The smallest absolute Gasteiger partial charge is 0.404 e. The Morgan fingerprint density at radius 2 is 2.38 bits per heavy atom. The monoisotopic (exact) mass is 328 g/mol. The van der Waals surface area contributed by atoms with Gasteiger partial charge in [-0.1, -0.05) is 6.42 Å². The Labute approximate surface area is 139 Å². The van der Waals surface area contributed by atoms with Gasteiger partial charge in [-0.05, 0) is 43.4 Å². The molecule has 1 heterocycles. The average Bonchev–Trinajstić information content (AvgIpc) is 2.94. The van der Waals surface area contributed by atoms with Gasteiger partial charge in [0.05, 0.1) is 41.1 Å². The van der Waals surface area contributed by atoms with Gasteiger partial charge < -0.3 is 20.1 Å². The van der Waals surface area contributed by atoms with Crippen molar-refractivity contribution in [3.63, 3.8) is 0 Å². The molecule has 2 aromatic rings. The zero-order valence-corrected chi connectivity index (χ0v) is 13.3. The number of amides is 1. The molecule has 0 saturated heterocycles. The summed E-state index contributed by atoms with van der Waals surface area (Å²) in [5.74, 6) is 0.129. The first-order valence-electron chi connectivity index (χ1n) is 8.03. The second-order valence-electron chi connectivity index (χ2n) is 6.56. The Bertz CT molecular complexity index is 795. The summed E-state index contributed by atoms with van der Waals surface area (Å²) in [5, 5.41) is 31.2. The van der Waals surface area contributed by atoms with E-state index in [9.17, 15) is 9.90 Å². The van der Waals surface area contributed by atoms with Crippen LogP contribution in [0.3, 0.4) is 0 Å². The molecule has 1 aliphatic carbocycles. The molecule has 1 amide bonds. The van der Waals surface area contributed by atoms with Crippen molar-refractivity contribution in [3.8, 4) is 6.07 Å². The van der Waals surface area contributed by atoms with Crippen LogP contribution in [0.1, 0.15) is 31.2 Å². The molecule has 0 bridgehead atoms. The first kappa shape index (κ1) is 16.3. The Kier molecular flexibility index (Phi) is 4.40. The lowest BCUT2D eigenvalue weighted by atomic mass is 9.78. The molecule has 0 radical (unpaired) electrons. The van der Waals surface area contributed by atoms with Crippen molar-refractivity contribution in [1.82, 2.24) is 14.9 Å². The number of nitrogens with one attached hydrogen (secondary N) is 1. The average molecular weight is 328 g/mol. The van der Waals surface area contributed by atoms with Crippen LogP contribution in [0.25, 0.3) is 11.0 Å². The van der Waals surface area contributed by atoms with Gasteiger partial charge in [-0.2, -0.15) is 5.26 Å². The Balaban J connectivity index is 1.77. The molecule has 0 aliphatic heterocycles. The van der Waals surface area contributed by atoms with Crippen LogP contribution in [0, 0.1) is 17.2 Å². The minimum absolute atomic E-state index is 0.129. The summed E-state index contributed by atoms with van der Waals surface area (Å²) in [6.45, 7) is 0.753. The van der Waals surface area contributed by atoms with Crippen LogP contribution >= 0.6 is 0 Å². The summed E-state index contributed by atoms with van der Waals surface area (Å²) in [6.07, 6.45) is 3.64. The van der Waals surface area contributed by atoms with Gasteiger partial charge >= 0.3 is 6.09 Å². The second-order valence-corrected chi connectivity index (χ2v) is 6.56. The van der Waals surface area contributed by atoms with E-state index in [-0.39, 0.29) is 5.92 Å². The molecule has 1 saturated carbocycles. The first-order valence-corrected chi connectivity index (χ1v) is 8.03. The number of nitriles is 1. The maximum Gasteiger partial charge on any atom is 0.404 e. The number of nitrogens with zero attached hydrogens (tertiary/aromatic N) is 3. The maximum atomic E-state index is 11.0. The van der Waals surface area contributed by atoms with Crippen LogP contribution in [0.5, 0.6) is 0 Å². The van der Waals surface area contributed by atoms with Crippen molar-refractivity contribution >= 4 is 17.1 Å². The molecule has 0 spiro atoms. The minimum atomic E-state index is -1.03. The maximum absolute atomic E-state index is 11.0. The molecular weight excluding hydrogens is 308 g/mol. The number of imidazole rings is 1. The molecule has 1 fully saturated rings. The van der Waals surface area contributed by atoms with E-state index in [1.807, 2.05) is 4.57 Å². The number of benzene rings is 1. The number of carboxylic acid groups (broad SMARTS) is 1. The molecule has 1 aromatic heterocycles. The first-order chi connectivity index (χ1) is 11.5. The van der Waals surface area contributed by atoms with Crippen LogP contribution < -0.4 is 5.32 Å². The van der Waals surface area contributed by atoms with Crippen LogP contribution in [0.2, 0.25) is 0 Å². The highest BCUT2D eigenvalue weighted by Gasteiger charge is 2.35. The van der Waals surface area contributed by atoms with Gasteiger partial charge in [-0.25, -0.2) is 9.78 Å². The molecule has 24 heavy (non-hydrogen) atoms. The van der Waals surface area contributed by atoms with E-state index in [1.165, 1.54) is 0 Å². The van der Waals surface area contributed by atoms with Crippen LogP contribution in [0.15, 0.2) is 24.5 Å². The lowest BCUT2D eigenvalue weighted by Crippen LogP contribution is -2.42. The molecule has 2 atom stereocenters. The topological polar surface area (TPSA) is 111 Å². The normalized spacial score (nSPS) is 23.8. The number of rotatable bonds is 4. The van der Waals surface area contributed by atoms with Crippen molar-refractivity contribution in [2.45, 2.75) is 37.8 Å². The number of aliphatic hydroxyl groups is 1. The fraction of sp³-hybridized carbons (Fsp3) is 0.471. The number of carbonyl (C=O) groups is 1. The molecule has 1 aliphatic rings. The number of fused-ring (bicyclic) bond motifs is 1. The molecule has 3 N–H and O–H groups in total. The summed E-state index contributed by atoms with van der Waals surface area (Å²) in [5.41, 5.74) is 1.29. The van der Waals surface area contributed by atoms with Crippen molar-refractivity contribution in [3.05, 3.63) is 30.1 Å². The van der Waals surface area contributed by atoms with E-state index in [0.29, 0.717) is 31.5 Å². The van der Waals surface area contributed by atoms with E-state index >= 15 is 0 Å². The van der Waals surface area contributed by atoms with Gasteiger partial charge in [0.15, 0.2) is 0 Å². The molecule has 126 valence electrons. The SMILES string of the molecule is N#Cc1ccc2ncn(C[C@@]3(O)CCCC(CNC(=O)O)C3)c2c1. The third-order valence-electron chi connectivity index (χ3n) is 4.68. The molecule has 7 heteroatoms. The van der Waals surface area contributed by atoms with E-state index in [4.69, 9.17) is 10.4 Å². The van der Waals surface area contributed by atoms with Crippen molar-refractivity contribution in [2.24, 2.45) is 5.92 Å². The van der Waals surface area contributed by atoms with Crippen molar-refractivity contribution < 1.29 is 15.0 Å². The zero-order chi connectivity index (χ0) is 17.2. The molecule has 1 aromatic carbocycles. The van der Waals surface area contributed by atoms with Crippen molar-refractivity contribution in [1.29, 1.82) is 5.26 Å². The largest absolute Gasteiger partial charge is 0.465 e. The number of hydrogen-bond donors (Lipinski definition) is 3. The quantitative estimate of drug-likeness (QED) is 0.796. The van der Waals surface area contributed by atoms with Gasteiger partial charge in [0.1, 0.15) is 0 Å². The second kappa shape index (κ2) is 6.49. The van der Waals surface area contributed by atoms with Gasteiger partial charge in [-0.15, -0.1) is 0 Å². The summed E-state index contributed by atoms with van der Waals surface area (Å²) < 4.78 is 1.88. The van der Waals surface area contributed by atoms with Crippen LogP contribution in [-0.2, 0) is 6.54 Å². The summed E-state index contributed by atoms with van der Waals surface area (Å²) >= 11 is 0. The lowest BCUT2D eigenvalue weighted by Gasteiger charge is -2.37. The van der Waals surface area contributed by atoms with Crippen LogP contribution in [0.4, 0.5) is 4.79 Å². The van der Waals surface area contributed by atoms with E-state index in [0.717, 1.165) is 23.9 Å². The number of hydrogen-bond acceptors (Lipinski definition) is 4. The highest BCUT2D eigenvalue weighted by atomic mass is 16.4. The third-order valence-corrected chi connectivity index (χ3v) is 4.68. The predicted octanol–water partition coefficient (Wildman–Crippen LogP) is 2.10. The fourth-order valence-corrected chi connectivity index (χ4v) is 3.58. The lowest BCUT2D eigenvalue weighted by molar-refractivity contribution is -0.0289. The standard InChI is InChI=1S/C17H20N4O3/c18-8-12-3-4-14-15(6-12)21(11-20-14)10-17(24)5-1-2-13(7-17)9-19-16(22)23/h3-4,6,11,13,19,24H,1-2,5,7,9-10H2,(H,22,23)/t13?,17-/m1/s1. The van der Waals surface area contributed by atoms with E-state index < -0.39 is 11.7 Å². The van der Waals surface area contributed by atoms with E-state index in [2.05, 4.69) is 16.4 Å². The van der Waals surface area contributed by atoms with Crippen molar-refractivity contribution in [2.75, 3.05) is 6.54 Å². The highest BCUT2D eigenvalue weighted by molar-refractivity contribution is 5.77. The highest BCUT2D eigenvalue weighted by Crippen LogP contribution is 2.34. The summed E-state index contributed by atoms with van der Waals surface area (Å²) in [4.78, 5) is 15.0. The minimum Gasteiger partial charge on any atom is -0.465 e.